The van der Waals surface area contributed by atoms with Crippen molar-refractivity contribution in [3.05, 3.63) is 0 Å². The van der Waals surface area contributed by atoms with Gasteiger partial charge in [0.25, 0.3) is 0 Å². The Morgan fingerprint density at radius 3 is 2.60 bits per heavy atom. The number of esters is 1. The average Bonchev–Trinajstić information content (AvgIpc) is 2.76. The van der Waals surface area contributed by atoms with Crippen molar-refractivity contribution in [3.8, 4) is 0 Å². The molecule has 0 aromatic carbocycles. The van der Waals surface area contributed by atoms with Crippen LogP contribution in [0.2, 0.25) is 0 Å². The van der Waals surface area contributed by atoms with Gasteiger partial charge >= 0.3 is 18.0 Å². The third-order valence-corrected chi connectivity index (χ3v) is 3.53. The highest BCUT2D eigenvalue weighted by atomic mass is 16.5. The predicted molar refractivity (Wildman–Crippen MR) is 71.1 cm³/mol. The van der Waals surface area contributed by atoms with Crippen LogP contribution in [0.25, 0.3) is 0 Å². The third kappa shape index (κ3) is 4.40. The summed E-state index contributed by atoms with van der Waals surface area (Å²) in [4.78, 5) is 35.6. The number of likely N-dealkylation sites (tertiary alicyclic amines) is 1. The molecule has 0 bridgehead atoms. The summed E-state index contributed by atoms with van der Waals surface area (Å²) in [6.07, 6.45) is 0.0153. The standard InChI is InChI=1S/C13H22N2O5/c1-8(4-11(16)17)5-14-13(19)15-6-9(2)10(7-15)12(18)20-3/h8-10H,4-7H2,1-3H3,(H,14,19)(H,16,17). The second-order valence-corrected chi connectivity index (χ2v) is 5.40. The van der Waals surface area contributed by atoms with Crippen LogP contribution in [0.3, 0.4) is 0 Å². The van der Waals surface area contributed by atoms with Gasteiger partial charge < -0.3 is 20.1 Å². The SMILES string of the molecule is COC(=O)C1CN(C(=O)NCC(C)CC(=O)O)CC1C. The van der Waals surface area contributed by atoms with Gasteiger partial charge in [-0.1, -0.05) is 13.8 Å². The zero-order valence-corrected chi connectivity index (χ0v) is 12.1. The van der Waals surface area contributed by atoms with Crippen molar-refractivity contribution < 1.29 is 24.2 Å². The van der Waals surface area contributed by atoms with Crippen molar-refractivity contribution >= 4 is 18.0 Å². The highest BCUT2D eigenvalue weighted by Gasteiger charge is 2.37. The maximum Gasteiger partial charge on any atom is 0.317 e. The van der Waals surface area contributed by atoms with Gasteiger partial charge in [-0.05, 0) is 11.8 Å². The number of carbonyl (C=O) groups is 3. The van der Waals surface area contributed by atoms with E-state index >= 15 is 0 Å². The number of aliphatic carboxylic acids is 1. The van der Waals surface area contributed by atoms with Gasteiger partial charge in [0, 0.05) is 26.1 Å². The number of hydrogen-bond acceptors (Lipinski definition) is 4. The van der Waals surface area contributed by atoms with Crippen molar-refractivity contribution in [2.75, 3.05) is 26.7 Å². The minimum atomic E-state index is -0.882. The van der Waals surface area contributed by atoms with Crippen LogP contribution in [0.5, 0.6) is 0 Å². The molecular formula is C13H22N2O5. The van der Waals surface area contributed by atoms with Gasteiger partial charge in [0.2, 0.25) is 0 Å². The van der Waals surface area contributed by atoms with E-state index in [4.69, 9.17) is 9.84 Å². The number of nitrogens with one attached hydrogen (secondary N) is 1. The van der Waals surface area contributed by atoms with E-state index in [-0.39, 0.29) is 36.2 Å². The number of carboxylic acids is 1. The Bertz CT molecular complexity index is 385. The summed E-state index contributed by atoms with van der Waals surface area (Å²) >= 11 is 0. The number of ether oxygens (including phenoxy) is 1. The fraction of sp³-hybridized carbons (Fsp3) is 0.769. The second kappa shape index (κ2) is 7.12. The summed E-state index contributed by atoms with van der Waals surface area (Å²) in [6.45, 7) is 4.81. The molecule has 20 heavy (non-hydrogen) atoms. The number of urea groups is 1. The number of carbonyl (C=O) groups excluding carboxylic acids is 2. The molecule has 1 fully saturated rings. The largest absolute Gasteiger partial charge is 0.481 e. The van der Waals surface area contributed by atoms with E-state index in [1.54, 1.807) is 11.8 Å². The van der Waals surface area contributed by atoms with Crippen molar-refractivity contribution in [3.63, 3.8) is 0 Å². The second-order valence-electron chi connectivity index (χ2n) is 5.40. The van der Waals surface area contributed by atoms with Crippen molar-refractivity contribution in [2.45, 2.75) is 20.3 Å². The van der Waals surface area contributed by atoms with E-state index in [1.165, 1.54) is 7.11 Å². The molecule has 114 valence electrons. The highest BCUT2D eigenvalue weighted by molar-refractivity contribution is 5.78. The van der Waals surface area contributed by atoms with Gasteiger partial charge in [0.1, 0.15) is 0 Å². The fourth-order valence-corrected chi connectivity index (χ4v) is 2.33. The molecule has 1 saturated heterocycles. The lowest BCUT2D eigenvalue weighted by Crippen LogP contribution is -2.41. The van der Waals surface area contributed by atoms with Crippen LogP contribution >= 0.6 is 0 Å². The molecule has 3 atom stereocenters. The number of carboxylic acid groups (broad SMARTS) is 1. The number of hydrogen-bond donors (Lipinski definition) is 2. The molecule has 1 rings (SSSR count). The summed E-state index contributed by atoms with van der Waals surface area (Å²) < 4.78 is 4.71. The zero-order chi connectivity index (χ0) is 15.3. The molecule has 0 radical (unpaired) electrons. The molecule has 0 aromatic rings. The molecule has 1 aliphatic rings. The Morgan fingerprint density at radius 2 is 2.05 bits per heavy atom. The zero-order valence-electron chi connectivity index (χ0n) is 12.1. The van der Waals surface area contributed by atoms with Crippen LogP contribution in [0.1, 0.15) is 20.3 Å². The molecule has 0 aliphatic carbocycles. The Labute approximate surface area is 118 Å². The smallest absolute Gasteiger partial charge is 0.317 e. The van der Waals surface area contributed by atoms with E-state index in [0.29, 0.717) is 19.6 Å². The lowest BCUT2D eigenvalue weighted by atomic mass is 9.99. The Morgan fingerprint density at radius 1 is 1.40 bits per heavy atom. The molecule has 2 amide bonds. The third-order valence-electron chi connectivity index (χ3n) is 3.53. The monoisotopic (exact) mass is 286 g/mol. The van der Waals surface area contributed by atoms with Crippen molar-refractivity contribution in [1.29, 1.82) is 0 Å². The molecular weight excluding hydrogens is 264 g/mol. The first-order valence-electron chi connectivity index (χ1n) is 6.67. The summed E-state index contributed by atoms with van der Waals surface area (Å²) in [5.74, 6) is -1.54. The Balaban J connectivity index is 2.42. The van der Waals surface area contributed by atoms with Crippen molar-refractivity contribution in [2.24, 2.45) is 17.8 Å². The normalized spacial score (nSPS) is 23.2. The average molecular weight is 286 g/mol. The molecule has 0 spiro atoms. The molecule has 0 aromatic heterocycles. The lowest BCUT2D eigenvalue weighted by molar-refractivity contribution is -0.146. The number of amides is 2. The van der Waals surface area contributed by atoms with Crippen molar-refractivity contribution in [1.82, 2.24) is 10.2 Å². The lowest BCUT2D eigenvalue weighted by Gasteiger charge is -2.18. The van der Waals surface area contributed by atoms with E-state index in [2.05, 4.69) is 5.32 Å². The van der Waals surface area contributed by atoms with Gasteiger partial charge in [0.05, 0.1) is 13.0 Å². The van der Waals surface area contributed by atoms with Crippen LogP contribution in [-0.4, -0.2) is 54.7 Å². The van der Waals surface area contributed by atoms with Crippen LogP contribution in [-0.2, 0) is 14.3 Å². The first kappa shape index (κ1) is 16.3. The molecule has 7 nitrogen and oxygen atoms in total. The Hall–Kier alpha value is -1.79. The van der Waals surface area contributed by atoms with Gasteiger partial charge in [-0.25, -0.2) is 4.79 Å². The summed E-state index contributed by atoms with van der Waals surface area (Å²) in [7, 11) is 1.34. The highest BCUT2D eigenvalue weighted by Crippen LogP contribution is 2.23. The molecule has 7 heteroatoms. The van der Waals surface area contributed by atoms with Crippen LogP contribution in [0, 0.1) is 17.8 Å². The molecule has 2 N–H and O–H groups in total. The Kier molecular flexibility index (Phi) is 5.79. The quantitative estimate of drug-likeness (QED) is 0.719. The summed E-state index contributed by atoms with van der Waals surface area (Å²) in [6, 6.07) is -0.263. The van der Waals surface area contributed by atoms with Gasteiger partial charge in [-0.3, -0.25) is 9.59 Å². The van der Waals surface area contributed by atoms with Crippen LogP contribution in [0.15, 0.2) is 0 Å². The number of methoxy groups -OCH3 is 1. The predicted octanol–water partition coefficient (Wildman–Crippen LogP) is 0.548. The van der Waals surface area contributed by atoms with Crippen LogP contribution < -0.4 is 5.32 Å². The fourth-order valence-electron chi connectivity index (χ4n) is 2.33. The molecule has 0 saturated carbocycles. The van der Waals surface area contributed by atoms with Gasteiger partial charge in [-0.2, -0.15) is 0 Å². The van der Waals surface area contributed by atoms with E-state index in [1.807, 2.05) is 6.92 Å². The van der Waals surface area contributed by atoms with Crippen LogP contribution in [0.4, 0.5) is 4.79 Å². The van der Waals surface area contributed by atoms with Gasteiger partial charge in [-0.15, -0.1) is 0 Å². The van der Waals surface area contributed by atoms with E-state index < -0.39 is 5.97 Å². The minimum Gasteiger partial charge on any atom is -0.481 e. The van der Waals surface area contributed by atoms with Gasteiger partial charge in [0.15, 0.2) is 0 Å². The minimum absolute atomic E-state index is 0.0153. The van der Waals surface area contributed by atoms with E-state index in [0.717, 1.165) is 0 Å². The first-order valence-corrected chi connectivity index (χ1v) is 6.67. The summed E-state index contributed by atoms with van der Waals surface area (Å²) in [5, 5.41) is 11.3. The first-order chi connectivity index (χ1) is 9.35. The summed E-state index contributed by atoms with van der Waals surface area (Å²) in [5.41, 5.74) is 0. The number of nitrogens with zero attached hydrogens (tertiary/aromatic N) is 1. The maximum absolute atomic E-state index is 12.0. The molecule has 3 unspecified atom stereocenters. The maximum atomic E-state index is 12.0. The topological polar surface area (TPSA) is 95.9 Å². The number of rotatable bonds is 5. The van der Waals surface area contributed by atoms with E-state index in [9.17, 15) is 14.4 Å². The molecule has 1 heterocycles. The molecule has 1 aliphatic heterocycles.